The second-order valence-corrected chi connectivity index (χ2v) is 3.82. The maximum atomic E-state index is 11.4. The number of hydrogen-bond donors (Lipinski definition) is 3. The molecule has 0 bridgehead atoms. The van der Waals surface area contributed by atoms with Gasteiger partial charge in [0, 0.05) is 13.5 Å². The molecule has 5 heteroatoms. The normalized spacial score (nSPS) is 11.6. The Hall–Kier alpha value is -1.49. The van der Waals surface area contributed by atoms with Crippen molar-refractivity contribution >= 4 is 24.4 Å². The average molecular weight is 238 g/mol. The Morgan fingerprint density at radius 1 is 1.31 bits per heavy atom. The first-order valence-electron chi connectivity index (χ1n) is 4.86. The lowest BCUT2D eigenvalue weighted by molar-refractivity contribution is -0.125. The molecule has 16 heavy (non-hydrogen) atoms. The van der Waals surface area contributed by atoms with Gasteiger partial charge in [0.1, 0.15) is 0 Å². The van der Waals surface area contributed by atoms with Crippen LogP contribution in [0.2, 0.25) is 0 Å². The molecular formula is C11H14N2O2S. The van der Waals surface area contributed by atoms with Crippen molar-refractivity contribution in [3.8, 4) is 0 Å². The molecule has 0 heterocycles. The molecule has 0 saturated carbocycles. The van der Waals surface area contributed by atoms with E-state index in [1.165, 1.54) is 6.92 Å². The van der Waals surface area contributed by atoms with Crippen LogP contribution >= 0.6 is 12.6 Å². The minimum atomic E-state index is -0.804. The van der Waals surface area contributed by atoms with Gasteiger partial charge in [-0.3, -0.25) is 9.59 Å². The van der Waals surface area contributed by atoms with Crippen molar-refractivity contribution in [3.05, 3.63) is 35.9 Å². The zero-order valence-electron chi connectivity index (χ0n) is 8.93. The highest BCUT2D eigenvalue weighted by molar-refractivity contribution is 7.81. The fraction of sp³-hybridized carbons (Fsp3) is 0.273. The standard InChI is InChI=1S/C11H14N2O2S/c1-8(14)13-11(16)10(15)12-7-9-5-3-2-4-6-9/h2-6,11,16H,7H2,1H3,(H,12,15)(H,13,14). The number of nitrogens with one attached hydrogen (secondary N) is 2. The van der Waals surface area contributed by atoms with Gasteiger partial charge < -0.3 is 10.6 Å². The second kappa shape index (κ2) is 6.17. The van der Waals surface area contributed by atoms with Crippen molar-refractivity contribution in [2.75, 3.05) is 0 Å². The molecule has 1 unspecified atom stereocenters. The molecule has 0 aliphatic rings. The third-order valence-electron chi connectivity index (χ3n) is 1.90. The molecule has 0 fully saturated rings. The van der Waals surface area contributed by atoms with Crippen molar-refractivity contribution in [1.82, 2.24) is 10.6 Å². The van der Waals surface area contributed by atoms with Gasteiger partial charge in [-0.05, 0) is 5.56 Å². The summed E-state index contributed by atoms with van der Waals surface area (Å²) in [5.74, 6) is -0.600. The summed E-state index contributed by atoms with van der Waals surface area (Å²) >= 11 is 3.97. The molecule has 1 rings (SSSR count). The Kier molecular flexibility index (Phi) is 4.85. The van der Waals surface area contributed by atoms with Crippen molar-refractivity contribution in [2.45, 2.75) is 18.8 Å². The monoisotopic (exact) mass is 238 g/mol. The van der Waals surface area contributed by atoms with E-state index in [1.54, 1.807) is 0 Å². The lowest BCUT2D eigenvalue weighted by atomic mass is 10.2. The molecule has 0 spiro atoms. The van der Waals surface area contributed by atoms with Crippen LogP contribution in [0.4, 0.5) is 0 Å². The number of rotatable bonds is 4. The predicted molar refractivity (Wildman–Crippen MR) is 64.9 cm³/mol. The molecule has 0 aromatic heterocycles. The summed E-state index contributed by atoms with van der Waals surface area (Å²) in [6, 6.07) is 9.52. The van der Waals surface area contributed by atoms with E-state index in [0.29, 0.717) is 6.54 Å². The van der Waals surface area contributed by atoms with Crippen LogP contribution in [0.15, 0.2) is 30.3 Å². The van der Waals surface area contributed by atoms with Crippen LogP contribution in [0.25, 0.3) is 0 Å². The molecule has 0 radical (unpaired) electrons. The highest BCUT2D eigenvalue weighted by Crippen LogP contribution is 1.98. The van der Waals surface area contributed by atoms with Crippen LogP contribution < -0.4 is 10.6 Å². The minimum absolute atomic E-state index is 0.283. The summed E-state index contributed by atoms with van der Waals surface area (Å²) in [7, 11) is 0. The van der Waals surface area contributed by atoms with Gasteiger partial charge in [-0.15, -0.1) is 12.6 Å². The largest absolute Gasteiger partial charge is 0.349 e. The van der Waals surface area contributed by atoms with E-state index in [2.05, 4.69) is 23.3 Å². The SMILES string of the molecule is CC(=O)NC(S)C(=O)NCc1ccccc1. The Bertz CT molecular complexity index is 368. The molecule has 0 saturated heterocycles. The lowest BCUT2D eigenvalue weighted by Crippen LogP contribution is -2.42. The average Bonchev–Trinajstić information content (AvgIpc) is 2.26. The minimum Gasteiger partial charge on any atom is -0.349 e. The Morgan fingerprint density at radius 3 is 2.50 bits per heavy atom. The quantitative estimate of drug-likeness (QED) is 0.534. The molecule has 0 aliphatic carbocycles. The Labute approximate surface area is 99.8 Å². The molecule has 1 aromatic carbocycles. The van der Waals surface area contributed by atoms with Gasteiger partial charge in [0.15, 0.2) is 5.37 Å². The van der Waals surface area contributed by atoms with Gasteiger partial charge in [0.2, 0.25) is 5.91 Å². The van der Waals surface area contributed by atoms with E-state index >= 15 is 0 Å². The first-order valence-corrected chi connectivity index (χ1v) is 5.38. The third kappa shape index (κ3) is 4.35. The molecule has 2 N–H and O–H groups in total. The number of thiol groups is 1. The van der Waals surface area contributed by atoms with Crippen LogP contribution in [0, 0.1) is 0 Å². The summed E-state index contributed by atoms with van der Waals surface area (Å²) in [5, 5.41) is 4.26. The maximum absolute atomic E-state index is 11.4. The Morgan fingerprint density at radius 2 is 1.94 bits per heavy atom. The number of hydrogen-bond acceptors (Lipinski definition) is 3. The van der Waals surface area contributed by atoms with E-state index in [-0.39, 0.29) is 11.8 Å². The molecule has 1 atom stereocenters. The van der Waals surface area contributed by atoms with Crippen molar-refractivity contribution in [3.63, 3.8) is 0 Å². The lowest BCUT2D eigenvalue weighted by Gasteiger charge is -2.11. The first-order chi connectivity index (χ1) is 7.59. The van der Waals surface area contributed by atoms with Gasteiger partial charge >= 0.3 is 0 Å². The number of carbonyl (C=O) groups is 2. The van der Waals surface area contributed by atoms with Crippen LogP contribution in [-0.2, 0) is 16.1 Å². The second-order valence-electron chi connectivity index (χ2n) is 3.31. The van der Waals surface area contributed by atoms with Gasteiger partial charge in [0.25, 0.3) is 5.91 Å². The van der Waals surface area contributed by atoms with Crippen LogP contribution in [-0.4, -0.2) is 17.2 Å². The smallest absolute Gasteiger partial charge is 0.253 e. The van der Waals surface area contributed by atoms with E-state index in [4.69, 9.17) is 0 Å². The third-order valence-corrected chi connectivity index (χ3v) is 2.26. The molecule has 0 aliphatic heterocycles. The van der Waals surface area contributed by atoms with Crippen molar-refractivity contribution in [1.29, 1.82) is 0 Å². The molecule has 4 nitrogen and oxygen atoms in total. The van der Waals surface area contributed by atoms with E-state index in [9.17, 15) is 9.59 Å². The summed E-state index contributed by atoms with van der Waals surface area (Å²) < 4.78 is 0. The van der Waals surface area contributed by atoms with Gasteiger partial charge in [0.05, 0.1) is 0 Å². The zero-order valence-corrected chi connectivity index (χ0v) is 9.83. The summed E-state index contributed by atoms with van der Waals surface area (Å²) in [6.45, 7) is 1.77. The predicted octanol–water partition coefficient (Wildman–Crippen LogP) is 0.695. The fourth-order valence-corrected chi connectivity index (χ4v) is 1.41. The van der Waals surface area contributed by atoms with Gasteiger partial charge in [-0.2, -0.15) is 0 Å². The molecule has 86 valence electrons. The molecule has 1 aromatic rings. The van der Waals surface area contributed by atoms with E-state index in [0.717, 1.165) is 5.56 Å². The number of benzene rings is 1. The number of amides is 2. The van der Waals surface area contributed by atoms with Crippen molar-refractivity contribution < 1.29 is 9.59 Å². The summed E-state index contributed by atoms with van der Waals surface area (Å²) in [4.78, 5) is 22.1. The highest BCUT2D eigenvalue weighted by atomic mass is 32.1. The maximum Gasteiger partial charge on any atom is 0.253 e. The van der Waals surface area contributed by atoms with E-state index in [1.807, 2.05) is 30.3 Å². The van der Waals surface area contributed by atoms with Crippen LogP contribution in [0.3, 0.4) is 0 Å². The van der Waals surface area contributed by atoms with Crippen molar-refractivity contribution in [2.24, 2.45) is 0 Å². The molecule has 2 amide bonds. The number of carbonyl (C=O) groups excluding carboxylic acids is 2. The highest BCUT2D eigenvalue weighted by Gasteiger charge is 2.13. The van der Waals surface area contributed by atoms with Crippen LogP contribution in [0.5, 0.6) is 0 Å². The molecular weight excluding hydrogens is 224 g/mol. The summed E-state index contributed by atoms with van der Waals surface area (Å²) in [6.07, 6.45) is 0. The van der Waals surface area contributed by atoms with Gasteiger partial charge in [-0.25, -0.2) is 0 Å². The summed E-state index contributed by atoms with van der Waals surface area (Å²) in [5.41, 5.74) is 0.999. The van der Waals surface area contributed by atoms with Gasteiger partial charge in [-0.1, -0.05) is 30.3 Å². The van der Waals surface area contributed by atoms with E-state index < -0.39 is 5.37 Å². The van der Waals surface area contributed by atoms with Crippen LogP contribution in [0.1, 0.15) is 12.5 Å². The topological polar surface area (TPSA) is 58.2 Å². The Balaban J connectivity index is 2.38. The zero-order chi connectivity index (χ0) is 12.0. The fourth-order valence-electron chi connectivity index (χ4n) is 1.14. The first kappa shape index (κ1) is 12.6.